The molecule has 1 aliphatic rings. The second-order valence-electron chi connectivity index (χ2n) is 4.27. The van der Waals surface area contributed by atoms with Crippen LogP contribution in [0, 0.1) is 0 Å². The number of hydrogen-bond acceptors (Lipinski definition) is 6. The van der Waals surface area contributed by atoms with E-state index >= 15 is 0 Å². The van der Waals surface area contributed by atoms with Crippen molar-refractivity contribution in [2.45, 2.75) is 0 Å². The maximum absolute atomic E-state index is 11.5. The van der Waals surface area contributed by atoms with Gasteiger partial charge in [0.05, 0.1) is 11.9 Å². The summed E-state index contributed by atoms with van der Waals surface area (Å²) in [4.78, 5) is 22.4. The van der Waals surface area contributed by atoms with E-state index in [1.807, 2.05) is 0 Å². The summed E-state index contributed by atoms with van der Waals surface area (Å²) in [6.07, 6.45) is 1.04. The van der Waals surface area contributed by atoms with Gasteiger partial charge in [-0.3, -0.25) is 4.79 Å². The monoisotopic (exact) mass is 290 g/mol. The summed E-state index contributed by atoms with van der Waals surface area (Å²) >= 11 is 0. The van der Waals surface area contributed by atoms with Crippen molar-refractivity contribution in [3.8, 4) is 22.9 Å². The Hall–Kier alpha value is -3.03. The van der Waals surface area contributed by atoms with Crippen LogP contribution >= 0.6 is 0 Å². The van der Waals surface area contributed by atoms with Gasteiger partial charge in [0.1, 0.15) is 13.2 Å². The van der Waals surface area contributed by atoms with E-state index in [1.54, 1.807) is 18.2 Å². The molecule has 1 aromatic carbocycles. The standard InChI is InChI=1S/C13H10N2O6/c16-8-6-15(14-11(12(8)17)13(18)19)7-1-2-9-10(5-7)21-4-3-20-9/h1-2,5-6,16H,3-4H2,(H,18,19). The van der Waals surface area contributed by atoms with Crippen molar-refractivity contribution in [3.05, 3.63) is 40.3 Å². The van der Waals surface area contributed by atoms with Gasteiger partial charge in [0, 0.05) is 6.07 Å². The molecule has 8 nitrogen and oxygen atoms in total. The fourth-order valence-electron chi connectivity index (χ4n) is 1.92. The molecular weight excluding hydrogens is 280 g/mol. The van der Waals surface area contributed by atoms with Crippen molar-refractivity contribution in [2.75, 3.05) is 13.2 Å². The van der Waals surface area contributed by atoms with Gasteiger partial charge in [-0.25, -0.2) is 9.48 Å². The Balaban J connectivity index is 2.12. The average Bonchev–Trinajstić information content (AvgIpc) is 2.49. The predicted molar refractivity (Wildman–Crippen MR) is 69.4 cm³/mol. The van der Waals surface area contributed by atoms with Crippen LogP contribution in [0.25, 0.3) is 5.69 Å². The summed E-state index contributed by atoms with van der Waals surface area (Å²) in [5.74, 6) is -1.16. The van der Waals surface area contributed by atoms with Gasteiger partial charge in [0.25, 0.3) is 5.43 Å². The highest BCUT2D eigenvalue weighted by Gasteiger charge is 2.17. The molecule has 0 unspecified atom stereocenters. The van der Waals surface area contributed by atoms with E-state index in [2.05, 4.69) is 5.10 Å². The Morgan fingerprint density at radius 3 is 2.67 bits per heavy atom. The van der Waals surface area contributed by atoms with Gasteiger partial charge in [-0.1, -0.05) is 0 Å². The SMILES string of the molecule is O=C(O)c1nn(-c2ccc3c(c2)OCCO3)cc(O)c1=O. The maximum atomic E-state index is 11.5. The van der Waals surface area contributed by atoms with Crippen LogP contribution in [-0.4, -0.2) is 39.2 Å². The molecule has 108 valence electrons. The smallest absolute Gasteiger partial charge is 0.360 e. The largest absolute Gasteiger partial charge is 0.503 e. The summed E-state index contributed by atoms with van der Waals surface area (Å²) in [5.41, 5.74) is -1.36. The molecule has 1 aromatic heterocycles. The van der Waals surface area contributed by atoms with Crippen LogP contribution in [0.15, 0.2) is 29.2 Å². The lowest BCUT2D eigenvalue weighted by Crippen LogP contribution is -2.21. The lowest BCUT2D eigenvalue weighted by Gasteiger charge is -2.19. The summed E-state index contributed by atoms with van der Waals surface area (Å²) < 4.78 is 11.9. The average molecular weight is 290 g/mol. The highest BCUT2D eigenvalue weighted by atomic mass is 16.6. The Kier molecular flexibility index (Phi) is 2.98. The Labute approximate surface area is 117 Å². The molecule has 0 radical (unpaired) electrons. The van der Waals surface area contributed by atoms with Crippen molar-refractivity contribution in [2.24, 2.45) is 0 Å². The zero-order valence-electron chi connectivity index (χ0n) is 10.6. The van der Waals surface area contributed by atoms with Crippen molar-refractivity contribution in [1.82, 2.24) is 9.78 Å². The molecule has 0 atom stereocenters. The first-order chi connectivity index (χ1) is 10.1. The number of aromatic carboxylic acids is 1. The van der Waals surface area contributed by atoms with Crippen LogP contribution < -0.4 is 14.9 Å². The Bertz CT molecular complexity index is 783. The number of fused-ring (bicyclic) bond motifs is 1. The van der Waals surface area contributed by atoms with Crippen LogP contribution in [0.4, 0.5) is 0 Å². The minimum Gasteiger partial charge on any atom is -0.503 e. The van der Waals surface area contributed by atoms with E-state index in [9.17, 15) is 14.7 Å². The Morgan fingerprint density at radius 2 is 1.95 bits per heavy atom. The van der Waals surface area contributed by atoms with Crippen LogP contribution in [0.2, 0.25) is 0 Å². The van der Waals surface area contributed by atoms with Gasteiger partial charge in [0.2, 0.25) is 5.69 Å². The third-order valence-corrected chi connectivity index (χ3v) is 2.89. The fraction of sp³-hybridized carbons (Fsp3) is 0.154. The molecule has 0 spiro atoms. The number of aromatic nitrogens is 2. The number of carbonyl (C=O) groups is 1. The quantitative estimate of drug-likeness (QED) is 0.823. The number of benzene rings is 1. The van der Waals surface area contributed by atoms with Crippen LogP contribution in [0.1, 0.15) is 10.5 Å². The second-order valence-corrected chi connectivity index (χ2v) is 4.27. The lowest BCUT2D eigenvalue weighted by molar-refractivity contribution is 0.0686. The Morgan fingerprint density at radius 1 is 1.24 bits per heavy atom. The molecule has 2 aromatic rings. The third-order valence-electron chi connectivity index (χ3n) is 2.89. The molecule has 2 N–H and O–H groups in total. The van der Waals surface area contributed by atoms with Gasteiger partial charge >= 0.3 is 5.97 Å². The van der Waals surface area contributed by atoms with Gasteiger partial charge in [-0.2, -0.15) is 5.10 Å². The molecule has 0 aliphatic carbocycles. The number of carboxylic acid groups (broad SMARTS) is 1. The van der Waals surface area contributed by atoms with Crippen molar-refractivity contribution >= 4 is 5.97 Å². The number of aromatic hydroxyl groups is 1. The molecule has 0 saturated heterocycles. The summed E-state index contributed by atoms with van der Waals surface area (Å²) in [6, 6.07) is 4.83. The minimum absolute atomic E-state index is 0.402. The first-order valence-electron chi connectivity index (χ1n) is 6.02. The fourth-order valence-corrected chi connectivity index (χ4v) is 1.92. The molecule has 2 heterocycles. The molecule has 3 rings (SSSR count). The van der Waals surface area contributed by atoms with E-state index in [0.29, 0.717) is 30.4 Å². The number of ether oxygens (including phenoxy) is 2. The minimum atomic E-state index is -1.51. The maximum Gasteiger partial charge on any atom is 0.360 e. The first-order valence-corrected chi connectivity index (χ1v) is 6.02. The van der Waals surface area contributed by atoms with Crippen molar-refractivity contribution in [1.29, 1.82) is 0 Å². The van der Waals surface area contributed by atoms with E-state index in [4.69, 9.17) is 14.6 Å². The molecule has 0 saturated carbocycles. The zero-order chi connectivity index (χ0) is 15.0. The number of hydrogen-bond donors (Lipinski definition) is 2. The molecule has 1 aliphatic heterocycles. The molecule has 0 bridgehead atoms. The number of nitrogens with zero attached hydrogens (tertiary/aromatic N) is 2. The first kappa shape index (κ1) is 13.0. The van der Waals surface area contributed by atoms with Gasteiger partial charge in [-0.15, -0.1) is 0 Å². The third kappa shape index (κ3) is 2.27. The predicted octanol–water partition coefficient (Wildman–Crippen LogP) is 0.407. The summed E-state index contributed by atoms with van der Waals surface area (Å²) in [5, 5.41) is 22.2. The van der Waals surface area contributed by atoms with E-state index in [0.717, 1.165) is 10.9 Å². The molecular formula is C13H10N2O6. The number of carboxylic acids is 1. The highest BCUT2D eigenvalue weighted by Crippen LogP contribution is 2.31. The van der Waals surface area contributed by atoms with Crippen LogP contribution in [-0.2, 0) is 0 Å². The molecule has 0 amide bonds. The molecule has 21 heavy (non-hydrogen) atoms. The molecule has 0 fully saturated rings. The summed E-state index contributed by atoms with van der Waals surface area (Å²) in [6.45, 7) is 0.853. The van der Waals surface area contributed by atoms with E-state index < -0.39 is 22.8 Å². The normalized spacial score (nSPS) is 13.0. The van der Waals surface area contributed by atoms with Crippen LogP contribution in [0.5, 0.6) is 17.2 Å². The van der Waals surface area contributed by atoms with Crippen molar-refractivity contribution in [3.63, 3.8) is 0 Å². The van der Waals surface area contributed by atoms with E-state index in [1.165, 1.54) is 0 Å². The van der Waals surface area contributed by atoms with Gasteiger partial charge in [0.15, 0.2) is 17.2 Å². The van der Waals surface area contributed by atoms with Crippen molar-refractivity contribution < 1.29 is 24.5 Å². The molecule has 8 heteroatoms. The lowest BCUT2D eigenvalue weighted by atomic mass is 10.2. The zero-order valence-corrected chi connectivity index (χ0v) is 10.6. The highest BCUT2D eigenvalue weighted by molar-refractivity contribution is 5.85. The van der Waals surface area contributed by atoms with Gasteiger partial charge in [-0.05, 0) is 12.1 Å². The van der Waals surface area contributed by atoms with E-state index in [-0.39, 0.29) is 0 Å². The topological polar surface area (TPSA) is 111 Å². The van der Waals surface area contributed by atoms with Gasteiger partial charge < -0.3 is 19.7 Å². The summed E-state index contributed by atoms with van der Waals surface area (Å²) in [7, 11) is 0. The number of rotatable bonds is 2. The van der Waals surface area contributed by atoms with Crippen LogP contribution in [0.3, 0.4) is 0 Å². The second kappa shape index (κ2) is 4.82.